The minimum atomic E-state index is -0.952. The van der Waals surface area contributed by atoms with Gasteiger partial charge in [0.2, 0.25) is 5.91 Å². The van der Waals surface area contributed by atoms with Gasteiger partial charge in [-0.15, -0.1) is 0 Å². The van der Waals surface area contributed by atoms with Gasteiger partial charge in [-0.25, -0.2) is 0 Å². The van der Waals surface area contributed by atoms with Crippen molar-refractivity contribution in [2.75, 3.05) is 6.54 Å². The fourth-order valence-electron chi connectivity index (χ4n) is 5.69. The summed E-state index contributed by atoms with van der Waals surface area (Å²) < 4.78 is 0. The van der Waals surface area contributed by atoms with Crippen LogP contribution in [0.4, 0.5) is 0 Å². The predicted octanol–water partition coefficient (Wildman–Crippen LogP) is 4.82. The first-order chi connectivity index (χ1) is 20.2. The van der Waals surface area contributed by atoms with Gasteiger partial charge >= 0.3 is 0 Å². The first-order valence-corrected chi connectivity index (χ1v) is 15.4. The average molecular weight is 580 g/mol. The van der Waals surface area contributed by atoms with Crippen LogP contribution in [0.15, 0.2) is 72.8 Å². The zero-order valence-electron chi connectivity index (χ0n) is 25.1. The van der Waals surface area contributed by atoms with E-state index in [4.69, 9.17) is 0 Å². The molecular weight excluding hydrogens is 530 g/mol. The predicted molar refractivity (Wildman–Crippen MR) is 166 cm³/mol. The minimum absolute atomic E-state index is 0.0977. The lowest BCUT2D eigenvalue weighted by Gasteiger charge is -2.28. The number of carbonyl (C=O) groups excluding carboxylic acids is 1. The lowest BCUT2D eigenvalue weighted by molar-refractivity contribution is -0.141. The molecule has 2 aromatic rings. The summed E-state index contributed by atoms with van der Waals surface area (Å²) in [7, 11) is 0. The average Bonchev–Trinajstić information content (AvgIpc) is 3.24. The number of phenolic OH excluding ortho intramolecular Hbond substituents is 1. The molecule has 1 unspecified atom stereocenters. The summed E-state index contributed by atoms with van der Waals surface area (Å²) in [6.45, 7) is 4.24. The number of hydrogen-bond donors (Lipinski definition) is 5. The van der Waals surface area contributed by atoms with E-state index in [9.17, 15) is 30.3 Å². The summed E-state index contributed by atoms with van der Waals surface area (Å²) in [6, 6.07) is 15.3. The van der Waals surface area contributed by atoms with Gasteiger partial charge in [-0.2, -0.15) is 0 Å². The van der Waals surface area contributed by atoms with Gasteiger partial charge < -0.3 is 30.4 Å². The molecule has 0 bridgehead atoms. The summed E-state index contributed by atoms with van der Waals surface area (Å²) in [5, 5.41) is 52.2. The molecule has 1 fully saturated rings. The number of phenols is 1. The molecule has 1 saturated carbocycles. The first kappa shape index (κ1) is 33.5. The summed E-state index contributed by atoms with van der Waals surface area (Å²) in [5.74, 6) is -0.276. The van der Waals surface area contributed by atoms with E-state index in [2.05, 4.69) is 0 Å². The van der Waals surface area contributed by atoms with Crippen molar-refractivity contribution < 1.29 is 30.3 Å². The molecule has 5 N–H and O–H groups in total. The topological polar surface area (TPSA) is 121 Å². The highest BCUT2D eigenvalue weighted by Crippen LogP contribution is 2.36. The maximum absolute atomic E-state index is 12.9. The Labute approximate surface area is 250 Å². The molecule has 1 aliphatic rings. The van der Waals surface area contributed by atoms with Crippen LogP contribution in [-0.4, -0.2) is 67.4 Å². The van der Waals surface area contributed by atoms with Gasteiger partial charge in [0.15, 0.2) is 0 Å². The molecule has 2 aromatic carbocycles. The Morgan fingerprint density at radius 3 is 2.52 bits per heavy atom. The highest BCUT2D eigenvalue weighted by Gasteiger charge is 2.39. The molecule has 42 heavy (non-hydrogen) atoms. The number of carbonyl (C=O) groups is 1. The standard InChI is InChI=1S/C35H49NO6/c1-3-21-36(35(42)23-27-16-15-25(2)31(38)22-27)34(41)14-10-5-4-9-13-29-30(33(40)24-32(29)39)20-19-28(37)18-17-26-11-7-6-8-12-26/h4,6-9,11-12,15-16,19-20,22,28-30,32-33,35,37-40,42H,3,5,10,13-14,17-18,21,23-24H2,1-2H3/b9-4-,20-19+/t28-,29+,30+,32-,33+,35?/m0/s1. The Kier molecular flexibility index (Phi) is 13.7. The van der Waals surface area contributed by atoms with Gasteiger partial charge in [-0.3, -0.25) is 4.79 Å². The number of unbranched alkanes of at least 4 members (excludes halogenated alkanes) is 1. The van der Waals surface area contributed by atoms with E-state index >= 15 is 0 Å². The Hall–Kier alpha value is -2.97. The third kappa shape index (κ3) is 10.4. The second kappa shape index (κ2) is 17.2. The molecule has 3 rings (SSSR count). The number of nitrogens with zero attached hydrogens (tertiary/aromatic N) is 1. The summed E-state index contributed by atoms with van der Waals surface area (Å²) in [6.07, 6.45) is 9.73. The number of aryl methyl sites for hydroxylation is 2. The van der Waals surface area contributed by atoms with Gasteiger partial charge in [-0.1, -0.05) is 73.7 Å². The van der Waals surface area contributed by atoms with Crippen LogP contribution >= 0.6 is 0 Å². The second-order valence-corrected chi connectivity index (χ2v) is 11.6. The van der Waals surface area contributed by atoms with Crippen molar-refractivity contribution in [2.24, 2.45) is 11.8 Å². The number of aromatic hydroxyl groups is 1. The van der Waals surface area contributed by atoms with Crippen molar-refractivity contribution in [2.45, 2.75) is 96.2 Å². The molecule has 7 nitrogen and oxygen atoms in total. The van der Waals surface area contributed by atoms with Gasteiger partial charge in [0.05, 0.1) is 18.3 Å². The van der Waals surface area contributed by atoms with Gasteiger partial charge in [0.25, 0.3) is 0 Å². The molecule has 0 aliphatic heterocycles. The monoisotopic (exact) mass is 579 g/mol. The largest absolute Gasteiger partial charge is 0.508 e. The lowest BCUT2D eigenvalue weighted by atomic mass is 9.89. The van der Waals surface area contributed by atoms with Crippen molar-refractivity contribution in [1.82, 2.24) is 4.90 Å². The smallest absolute Gasteiger partial charge is 0.224 e. The Morgan fingerprint density at radius 2 is 1.81 bits per heavy atom. The van der Waals surface area contributed by atoms with Gasteiger partial charge in [0.1, 0.15) is 12.0 Å². The molecule has 0 saturated heterocycles. The number of hydrogen-bond acceptors (Lipinski definition) is 6. The normalized spacial score (nSPS) is 22.1. The maximum Gasteiger partial charge on any atom is 0.224 e. The van der Waals surface area contributed by atoms with Crippen molar-refractivity contribution in [3.8, 4) is 5.75 Å². The van der Waals surface area contributed by atoms with Crippen LogP contribution in [0.2, 0.25) is 0 Å². The third-order valence-corrected chi connectivity index (χ3v) is 8.22. The summed E-state index contributed by atoms with van der Waals surface area (Å²) >= 11 is 0. The molecule has 0 aromatic heterocycles. The second-order valence-electron chi connectivity index (χ2n) is 11.6. The Balaban J connectivity index is 1.43. The summed E-state index contributed by atoms with van der Waals surface area (Å²) in [4.78, 5) is 14.4. The van der Waals surface area contributed by atoms with Crippen LogP contribution in [0.5, 0.6) is 5.75 Å². The zero-order valence-corrected chi connectivity index (χ0v) is 25.1. The van der Waals surface area contributed by atoms with E-state index in [0.717, 1.165) is 24.0 Å². The highest BCUT2D eigenvalue weighted by atomic mass is 16.3. The Bertz CT molecular complexity index is 1150. The van der Waals surface area contributed by atoms with E-state index < -0.39 is 24.5 Å². The van der Waals surface area contributed by atoms with Crippen molar-refractivity contribution >= 4 is 5.91 Å². The van der Waals surface area contributed by atoms with Crippen LogP contribution in [0.3, 0.4) is 0 Å². The van der Waals surface area contributed by atoms with E-state index in [1.54, 1.807) is 18.2 Å². The molecular formula is C35H49NO6. The van der Waals surface area contributed by atoms with E-state index in [1.165, 1.54) is 10.5 Å². The first-order valence-electron chi connectivity index (χ1n) is 15.4. The van der Waals surface area contributed by atoms with E-state index in [0.29, 0.717) is 45.1 Å². The van der Waals surface area contributed by atoms with Crippen LogP contribution < -0.4 is 0 Å². The highest BCUT2D eigenvalue weighted by molar-refractivity contribution is 5.76. The number of aliphatic hydroxyl groups is 4. The fraction of sp³-hybridized carbons (Fsp3) is 0.514. The lowest BCUT2D eigenvalue weighted by Crippen LogP contribution is -2.42. The van der Waals surface area contributed by atoms with E-state index in [1.807, 2.05) is 68.5 Å². The van der Waals surface area contributed by atoms with Crippen LogP contribution in [0, 0.1) is 18.8 Å². The van der Waals surface area contributed by atoms with Crippen molar-refractivity contribution in [1.29, 1.82) is 0 Å². The van der Waals surface area contributed by atoms with Crippen LogP contribution in [0.25, 0.3) is 0 Å². The fourth-order valence-corrected chi connectivity index (χ4v) is 5.69. The molecule has 0 heterocycles. The number of amides is 1. The zero-order chi connectivity index (χ0) is 30.5. The molecule has 0 spiro atoms. The molecule has 1 aliphatic carbocycles. The van der Waals surface area contributed by atoms with Crippen molar-refractivity contribution in [3.63, 3.8) is 0 Å². The molecule has 1 amide bonds. The van der Waals surface area contributed by atoms with Gasteiger partial charge in [-0.05, 0) is 74.1 Å². The molecule has 230 valence electrons. The van der Waals surface area contributed by atoms with E-state index in [-0.39, 0.29) is 29.9 Å². The SMILES string of the molecule is CCCN(C(=O)CCC/C=C\C[C@@H]1[C@@H](/C=C/[C@@H](O)CCc2ccccc2)[C@H](O)C[C@@H]1O)C(O)Cc1ccc(C)c(O)c1. The van der Waals surface area contributed by atoms with Crippen LogP contribution in [0.1, 0.15) is 68.6 Å². The third-order valence-electron chi connectivity index (χ3n) is 8.22. The van der Waals surface area contributed by atoms with Crippen molar-refractivity contribution in [3.05, 3.63) is 89.5 Å². The molecule has 6 atom stereocenters. The number of aliphatic hydroxyl groups excluding tert-OH is 4. The number of benzene rings is 2. The number of allylic oxidation sites excluding steroid dienone is 2. The summed E-state index contributed by atoms with van der Waals surface area (Å²) in [5.41, 5.74) is 2.71. The minimum Gasteiger partial charge on any atom is -0.508 e. The van der Waals surface area contributed by atoms with Crippen LogP contribution in [-0.2, 0) is 17.6 Å². The maximum atomic E-state index is 12.9. The molecule has 0 radical (unpaired) electrons. The van der Waals surface area contributed by atoms with Gasteiger partial charge in [0, 0.05) is 31.7 Å². The Morgan fingerprint density at radius 1 is 1.05 bits per heavy atom. The molecule has 7 heteroatoms. The number of rotatable bonds is 16. The quantitative estimate of drug-likeness (QED) is 0.110.